The summed E-state index contributed by atoms with van der Waals surface area (Å²) in [5.74, 6) is 2.21. The summed E-state index contributed by atoms with van der Waals surface area (Å²) >= 11 is 0. The Hall–Kier alpha value is -1.78. The van der Waals surface area contributed by atoms with Crippen LogP contribution < -0.4 is 5.73 Å². The lowest BCUT2D eigenvalue weighted by molar-refractivity contribution is 0.669. The molecule has 2 N–H and O–H groups in total. The number of rotatable bonds is 3. The highest BCUT2D eigenvalue weighted by Crippen LogP contribution is 2.19. The van der Waals surface area contributed by atoms with Crippen LogP contribution in [0.1, 0.15) is 36.8 Å². The van der Waals surface area contributed by atoms with E-state index in [2.05, 4.69) is 28.5 Å². The molecule has 0 atom stereocenters. The van der Waals surface area contributed by atoms with Crippen LogP contribution in [0.5, 0.6) is 0 Å². The van der Waals surface area contributed by atoms with E-state index in [9.17, 15) is 0 Å². The van der Waals surface area contributed by atoms with Crippen molar-refractivity contribution in [1.82, 2.24) is 19.3 Å². The number of hydrogen-bond donors (Lipinski definition) is 1. The molecule has 0 spiro atoms. The van der Waals surface area contributed by atoms with E-state index in [1.54, 1.807) is 4.68 Å². The summed E-state index contributed by atoms with van der Waals surface area (Å²) in [5, 5.41) is 4.32. The van der Waals surface area contributed by atoms with Crippen LogP contribution in [0.15, 0.2) is 12.4 Å². The summed E-state index contributed by atoms with van der Waals surface area (Å²) in [6.45, 7) is 6.99. The van der Waals surface area contributed by atoms with Gasteiger partial charge in [0.15, 0.2) is 0 Å². The topological polar surface area (TPSA) is 61.7 Å². The van der Waals surface area contributed by atoms with Crippen LogP contribution in [0, 0.1) is 6.92 Å². The van der Waals surface area contributed by atoms with Crippen molar-refractivity contribution in [3.63, 3.8) is 0 Å². The van der Waals surface area contributed by atoms with Crippen molar-refractivity contribution < 1.29 is 0 Å². The third kappa shape index (κ3) is 2.05. The Labute approximate surface area is 101 Å². The molecule has 92 valence electrons. The Morgan fingerprint density at radius 1 is 1.41 bits per heavy atom. The van der Waals surface area contributed by atoms with Crippen molar-refractivity contribution in [3.05, 3.63) is 29.5 Å². The highest BCUT2D eigenvalue weighted by molar-refractivity contribution is 5.43. The zero-order valence-corrected chi connectivity index (χ0v) is 10.8. The van der Waals surface area contributed by atoms with Crippen molar-refractivity contribution in [2.75, 3.05) is 5.73 Å². The van der Waals surface area contributed by atoms with Crippen molar-refractivity contribution in [2.24, 2.45) is 7.05 Å². The summed E-state index contributed by atoms with van der Waals surface area (Å²) in [6.07, 6.45) is 3.82. The maximum absolute atomic E-state index is 6.01. The molecular weight excluding hydrogens is 214 g/mol. The monoisotopic (exact) mass is 233 g/mol. The highest BCUT2D eigenvalue weighted by Gasteiger charge is 2.13. The minimum Gasteiger partial charge on any atom is -0.384 e. The molecule has 2 aromatic heterocycles. The number of nitrogens with two attached hydrogens (primary N) is 1. The molecule has 5 nitrogen and oxygen atoms in total. The first-order valence-electron chi connectivity index (χ1n) is 5.79. The van der Waals surface area contributed by atoms with E-state index >= 15 is 0 Å². The Kier molecular flexibility index (Phi) is 2.92. The van der Waals surface area contributed by atoms with Crippen LogP contribution >= 0.6 is 0 Å². The molecule has 0 unspecified atom stereocenters. The molecule has 0 saturated heterocycles. The smallest absolute Gasteiger partial charge is 0.126 e. The molecule has 2 aromatic rings. The molecule has 0 aliphatic carbocycles. The first-order chi connectivity index (χ1) is 8.00. The number of hydrogen-bond acceptors (Lipinski definition) is 3. The van der Waals surface area contributed by atoms with E-state index < -0.39 is 0 Å². The number of aryl methyl sites for hydroxylation is 2. The van der Waals surface area contributed by atoms with E-state index in [0.717, 1.165) is 29.4 Å². The van der Waals surface area contributed by atoms with Gasteiger partial charge in [-0.1, -0.05) is 13.8 Å². The second-order valence-corrected chi connectivity index (χ2v) is 4.64. The van der Waals surface area contributed by atoms with Gasteiger partial charge in [-0.05, 0) is 6.92 Å². The molecule has 2 rings (SSSR count). The average molecular weight is 233 g/mol. The number of nitrogen functional groups attached to an aromatic ring is 1. The molecule has 0 amide bonds. The maximum Gasteiger partial charge on any atom is 0.126 e. The van der Waals surface area contributed by atoms with Crippen LogP contribution in [-0.2, 0) is 13.6 Å². The third-order valence-electron chi connectivity index (χ3n) is 2.99. The summed E-state index contributed by atoms with van der Waals surface area (Å²) < 4.78 is 3.85. The zero-order chi connectivity index (χ0) is 12.6. The van der Waals surface area contributed by atoms with Gasteiger partial charge in [-0.2, -0.15) is 5.10 Å². The lowest BCUT2D eigenvalue weighted by Gasteiger charge is -2.10. The van der Waals surface area contributed by atoms with E-state index in [1.807, 2.05) is 26.4 Å². The fraction of sp³-hybridized carbons (Fsp3) is 0.500. The van der Waals surface area contributed by atoms with Crippen LogP contribution in [0.2, 0.25) is 0 Å². The zero-order valence-electron chi connectivity index (χ0n) is 10.8. The fourth-order valence-corrected chi connectivity index (χ4v) is 2.04. The van der Waals surface area contributed by atoms with Crippen molar-refractivity contribution in [3.8, 4) is 0 Å². The predicted octanol–water partition coefficient (Wildman–Crippen LogP) is 1.68. The largest absolute Gasteiger partial charge is 0.384 e. The second kappa shape index (κ2) is 4.24. The second-order valence-electron chi connectivity index (χ2n) is 4.64. The lowest BCUT2D eigenvalue weighted by atomic mass is 10.2. The first-order valence-corrected chi connectivity index (χ1v) is 5.79. The molecule has 0 saturated carbocycles. The number of aromatic nitrogens is 4. The summed E-state index contributed by atoms with van der Waals surface area (Å²) in [6, 6.07) is 0. The molecule has 2 heterocycles. The number of nitrogens with zero attached hydrogens (tertiary/aromatic N) is 4. The standard InChI is InChI=1S/C12H19N5/c1-8(2)12-14-5-6-17(12)7-10-9(3)15-16(4)11(10)13/h5-6,8H,7,13H2,1-4H3. The molecule has 0 aliphatic heterocycles. The van der Waals surface area contributed by atoms with Crippen LogP contribution in [0.25, 0.3) is 0 Å². The normalized spacial score (nSPS) is 11.4. The number of anilines is 1. The van der Waals surface area contributed by atoms with Gasteiger partial charge in [0.25, 0.3) is 0 Å². The average Bonchev–Trinajstić information content (AvgIpc) is 2.80. The van der Waals surface area contributed by atoms with Gasteiger partial charge in [0.2, 0.25) is 0 Å². The predicted molar refractivity (Wildman–Crippen MR) is 67.8 cm³/mol. The van der Waals surface area contributed by atoms with Gasteiger partial charge in [-0.3, -0.25) is 4.68 Å². The van der Waals surface area contributed by atoms with Gasteiger partial charge in [0.1, 0.15) is 11.6 Å². The summed E-state index contributed by atoms with van der Waals surface area (Å²) in [4.78, 5) is 4.37. The van der Waals surface area contributed by atoms with Crippen LogP contribution in [-0.4, -0.2) is 19.3 Å². The van der Waals surface area contributed by atoms with E-state index in [1.165, 1.54) is 0 Å². The van der Waals surface area contributed by atoms with Gasteiger partial charge in [0.05, 0.1) is 12.2 Å². The fourth-order valence-electron chi connectivity index (χ4n) is 2.04. The number of imidazole rings is 1. The maximum atomic E-state index is 6.01. The molecule has 0 aromatic carbocycles. The van der Waals surface area contributed by atoms with Crippen molar-refractivity contribution in [2.45, 2.75) is 33.2 Å². The van der Waals surface area contributed by atoms with Gasteiger partial charge >= 0.3 is 0 Å². The quantitative estimate of drug-likeness (QED) is 0.877. The Balaban J connectivity index is 2.35. The Morgan fingerprint density at radius 2 is 2.12 bits per heavy atom. The molecular formula is C12H19N5. The lowest BCUT2D eigenvalue weighted by Crippen LogP contribution is -2.08. The summed E-state index contributed by atoms with van der Waals surface area (Å²) in [5.41, 5.74) is 8.07. The minimum absolute atomic E-state index is 0.406. The molecule has 0 radical (unpaired) electrons. The van der Waals surface area contributed by atoms with Crippen LogP contribution in [0.4, 0.5) is 5.82 Å². The summed E-state index contributed by atoms with van der Waals surface area (Å²) in [7, 11) is 1.86. The van der Waals surface area contributed by atoms with Crippen molar-refractivity contribution >= 4 is 5.82 Å². The van der Waals surface area contributed by atoms with E-state index in [4.69, 9.17) is 5.73 Å². The van der Waals surface area contributed by atoms with Gasteiger partial charge < -0.3 is 10.3 Å². The highest BCUT2D eigenvalue weighted by atomic mass is 15.3. The van der Waals surface area contributed by atoms with Gasteiger partial charge in [-0.25, -0.2) is 4.98 Å². The van der Waals surface area contributed by atoms with Crippen molar-refractivity contribution in [1.29, 1.82) is 0 Å². The Morgan fingerprint density at radius 3 is 2.65 bits per heavy atom. The Bertz CT molecular complexity index is 521. The van der Waals surface area contributed by atoms with Crippen LogP contribution in [0.3, 0.4) is 0 Å². The molecule has 5 heteroatoms. The van der Waals surface area contributed by atoms with E-state index in [-0.39, 0.29) is 0 Å². The molecule has 0 bridgehead atoms. The minimum atomic E-state index is 0.406. The first kappa shape index (κ1) is 11.7. The SMILES string of the molecule is Cc1nn(C)c(N)c1Cn1ccnc1C(C)C. The van der Waals surface area contributed by atoms with E-state index in [0.29, 0.717) is 5.92 Å². The van der Waals surface area contributed by atoms with Gasteiger partial charge in [-0.15, -0.1) is 0 Å². The molecule has 17 heavy (non-hydrogen) atoms. The molecule has 0 fully saturated rings. The third-order valence-corrected chi connectivity index (χ3v) is 2.99. The van der Waals surface area contributed by atoms with Gasteiger partial charge in [0, 0.05) is 30.9 Å². The molecule has 0 aliphatic rings.